The lowest BCUT2D eigenvalue weighted by Gasteiger charge is -2.19. The lowest BCUT2D eigenvalue weighted by atomic mass is 10.1. The molecule has 0 unspecified atom stereocenters. The van der Waals surface area contributed by atoms with Crippen LogP contribution in [0.2, 0.25) is 0 Å². The molecule has 1 aromatic rings. The van der Waals surface area contributed by atoms with E-state index in [1.165, 1.54) is 18.2 Å². The third kappa shape index (κ3) is 3.89. The number of rotatable bonds is 2. The molecule has 1 heterocycles. The average molecular weight is 289 g/mol. The lowest BCUT2D eigenvalue weighted by Crippen LogP contribution is -2.34. The van der Waals surface area contributed by atoms with Crippen LogP contribution in [0.3, 0.4) is 0 Å². The molecule has 1 saturated heterocycles. The molecule has 0 bridgehead atoms. The van der Waals surface area contributed by atoms with Gasteiger partial charge in [-0.1, -0.05) is 11.8 Å². The van der Waals surface area contributed by atoms with E-state index in [1.54, 1.807) is 0 Å². The molecule has 1 aliphatic heterocycles. The molecule has 0 spiro atoms. The van der Waals surface area contributed by atoms with Gasteiger partial charge >= 0.3 is 0 Å². The summed E-state index contributed by atoms with van der Waals surface area (Å²) in [5.74, 6) is 4.16. The number of carbonyl (C=O) groups is 2. The van der Waals surface area contributed by atoms with Crippen LogP contribution >= 0.6 is 0 Å². The predicted octanol–water partition coefficient (Wildman–Crippen LogP) is 1.60. The van der Waals surface area contributed by atoms with Crippen molar-refractivity contribution in [1.29, 1.82) is 0 Å². The van der Waals surface area contributed by atoms with Gasteiger partial charge in [0.2, 0.25) is 11.8 Å². The third-order valence-electron chi connectivity index (χ3n) is 3.32. The molecule has 0 aromatic heterocycles. The van der Waals surface area contributed by atoms with Crippen molar-refractivity contribution in [1.82, 2.24) is 4.90 Å². The summed E-state index contributed by atoms with van der Waals surface area (Å²) in [6, 6.07) is 4.25. The molecule has 4 nitrogen and oxygen atoms in total. The zero-order chi connectivity index (χ0) is 15.2. The zero-order valence-corrected chi connectivity index (χ0v) is 11.6. The fraction of sp³-hybridized carbons (Fsp3) is 0.375. The molecule has 1 aromatic carbocycles. The number of likely N-dealkylation sites (tertiary alicyclic amines) is 1. The highest BCUT2D eigenvalue weighted by atomic mass is 19.1. The van der Waals surface area contributed by atoms with Gasteiger partial charge in [0.05, 0.1) is 6.54 Å². The van der Waals surface area contributed by atoms with Crippen LogP contribution in [0, 0.1) is 17.7 Å². The second-order valence-electron chi connectivity index (χ2n) is 4.85. The molecule has 2 rings (SSSR count). The summed E-state index contributed by atoms with van der Waals surface area (Å²) in [6.45, 7) is -0.353. The van der Waals surface area contributed by atoms with Crippen molar-refractivity contribution >= 4 is 11.8 Å². The number of carbonyl (C=O) groups excluding carboxylic acids is 2. The number of hydrogen-bond donors (Lipinski definition) is 1. The average Bonchev–Trinajstić information content (AvgIpc) is 2.63. The first kappa shape index (κ1) is 15.2. The summed E-state index contributed by atoms with van der Waals surface area (Å²) in [5.41, 5.74) is 0.790. The molecule has 5 heteroatoms. The minimum absolute atomic E-state index is 0.0713. The SMILES string of the molecule is O=C1CCCCC(=O)N1Cc1cc(C#CCO)ccc1F. The Morgan fingerprint density at radius 3 is 2.48 bits per heavy atom. The Labute approximate surface area is 122 Å². The molecular formula is C16H16FNO3. The lowest BCUT2D eigenvalue weighted by molar-refractivity contribution is -0.144. The molecule has 0 radical (unpaired) electrons. The number of imide groups is 1. The van der Waals surface area contributed by atoms with Crippen LogP contribution in [0.25, 0.3) is 0 Å². The van der Waals surface area contributed by atoms with E-state index >= 15 is 0 Å². The fourth-order valence-electron chi connectivity index (χ4n) is 2.22. The van der Waals surface area contributed by atoms with Crippen molar-refractivity contribution in [3.05, 3.63) is 35.1 Å². The van der Waals surface area contributed by atoms with Crippen LogP contribution in [-0.2, 0) is 16.1 Å². The Morgan fingerprint density at radius 1 is 1.19 bits per heavy atom. The number of aliphatic hydroxyl groups excluding tert-OH is 1. The highest BCUT2D eigenvalue weighted by Crippen LogP contribution is 2.18. The summed E-state index contributed by atoms with van der Waals surface area (Å²) in [6.07, 6.45) is 2.01. The number of benzene rings is 1. The standard InChI is InChI=1S/C16H16FNO3/c17-14-8-7-12(4-3-9-19)10-13(14)11-18-15(20)5-1-2-6-16(18)21/h7-8,10,19H,1-2,5-6,9,11H2. The Hall–Kier alpha value is -2.19. The van der Waals surface area contributed by atoms with Gasteiger partial charge in [0.25, 0.3) is 0 Å². The fourth-order valence-corrected chi connectivity index (χ4v) is 2.22. The van der Waals surface area contributed by atoms with E-state index in [9.17, 15) is 14.0 Å². The highest BCUT2D eigenvalue weighted by Gasteiger charge is 2.24. The normalized spacial score (nSPS) is 15.4. The first-order valence-corrected chi connectivity index (χ1v) is 6.83. The van der Waals surface area contributed by atoms with Gasteiger partial charge in [0, 0.05) is 24.0 Å². The van der Waals surface area contributed by atoms with Crippen molar-refractivity contribution in [2.45, 2.75) is 32.2 Å². The minimum Gasteiger partial charge on any atom is -0.384 e. The van der Waals surface area contributed by atoms with Crippen molar-refractivity contribution in [2.24, 2.45) is 0 Å². The van der Waals surface area contributed by atoms with Crippen LogP contribution in [0.1, 0.15) is 36.8 Å². The van der Waals surface area contributed by atoms with Gasteiger partial charge < -0.3 is 5.11 Å². The number of halogens is 1. The first-order valence-electron chi connectivity index (χ1n) is 6.83. The van der Waals surface area contributed by atoms with Crippen LogP contribution in [0.4, 0.5) is 4.39 Å². The molecule has 1 aliphatic rings. The molecule has 1 N–H and O–H groups in total. The molecule has 1 fully saturated rings. The Kier molecular flexibility index (Phi) is 5.07. The summed E-state index contributed by atoms with van der Waals surface area (Å²) < 4.78 is 13.9. The summed E-state index contributed by atoms with van der Waals surface area (Å²) >= 11 is 0. The number of nitrogens with zero attached hydrogens (tertiary/aromatic N) is 1. The molecule has 2 amide bonds. The van der Waals surface area contributed by atoms with E-state index in [1.807, 2.05) is 0 Å². The van der Waals surface area contributed by atoms with E-state index in [-0.39, 0.29) is 30.5 Å². The van der Waals surface area contributed by atoms with E-state index in [2.05, 4.69) is 11.8 Å². The smallest absolute Gasteiger partial charge is 0.229 e. The number of aliphatic hydroxyl groups is 1. The quantitative estimate of drug-likeness (QED) is 0.664. The van der Waals surface area contributed by atoms with E-state index < -0.39 is 5.82 Å². The summed E-state index contributed by atoms with van der Waals surface area (Å²) in [7, 11) is 0. The monoisotopic (exact) mass is 289 g/mol. The Balaban J connectivity index is 2.24. The van der Waals surface area contributed by atoms with Crippen molar-refractivity contribution in [2.75, 3.05) is 6.61 Å². The maximum absolute atomic E-state index is 13.9. The minimum atomic E-state index is -0.477. The van der Waals surface area contributed by atoms with E-state index in [0.717, 1.165) is 4.90 Å². The van der Waals surface area contributed by atoms with Crippen LogP contribution < -0.4 is 0 Å². The summed E-state index contributed by atoms with van der Waals surface area (Å²) in [4.78, 5) is 25.0. The second kappa shape index (κ2) is 7.00. The van der Waals surface area contributed by atoms with Crippen LogP contribution in [0.15, 0.2) is 18.2 Å². The second-order valence-corrected chi connectivity index (χ2v) is 4.85. The molecule has 0 atom stereocenters. The Bertz CT molecular complexity index is 598. The van der Waals surface area contributed by atoms with Gasteiger partial charge in [0.1, 0.15) is 12.4 Å². The van der Waals surface area contributed by atoms with Gasteiger partial charge in [-0.3, -0.25) is 14.5 Å². The van der Waals surface area contributed by atoms with Gasteiger partial charge in [-0.2, -0.15) is 0 Å². The number of hydrogen-bond acceptors (Lipinski definition) is 3. The topological polar surface area (TPSA) is 57.6 Å². The number of amides is 2. The molecule has 110 valence electrons. The first-order chi connectivity index (χ1) is 10.1. The predicted molar refractivity (Wildman–Crippen MR) is 74.4 cm³/mol. The largest absolute Gasteiger partial charge is 0.384 e. The Morgan fingerprint density at radius 2 is 1.86 bits per heavy atom. The van der Waals surface area contributed by atoms with Crippen LogP contribution in [0.5, 0.6) is 0 Å². The highest BCUT2D eigenvalue weighted by molar-refractivity contribution is 5.95. The molecule has 21 heavy (non-hydrogen) atoms. The van der Waals surface area contributed by atoms with Gasteiger partial charge in [-0.05, 0) is 31.0 Å². The van der Waals surface area contributed by atoms with E-state index in [4.69, 9.17) is 5.11 Å². The van der Waals surface area contributed by atoms with Crippen LogP contribution in [-0.4, -0.2) is 28.4 Å². The molecule has 0 saturated carbocycles. The van der Waals surface area contributed by atoms with Crippen molar-refractivity contribution in [3.63, 3.8) is 0 Å². The summed E-state index contributed by atoms with van der Waals surface area (Å²) in [5, 5.41) is 8.67. The molecular weight excluding hydrogens is 273 g/mol. The van der Waals surface area contributed by atoms with Crippen molar-refractivity contribution < 1.29 is 19.1 Å². The van der Waals surface area contributed by atoms with Gasteiger partial charge in [-0.15, -0.1) is 0 Å². The van der Waals surface area contributed by atoms with Crippen molar-refractivity contribution in [3.8, 4) is 11.8 Å². The molecule has 0 aliphatic carbocycles. The zero-order valence-electron chi connectivity index (χ0n) is 11.6. The van der Waals surface area contributed by atoms with E-state index in [0.29, 0.717) is 31.2 Å². The van der Waals surface area contributed by atoms with Gasteiger partial charge in [0.15, 0.2) is 0 Å². The maximum Gasteiger partial charge on any atom is 0.229 e. The maximum atomic E-state index is 13.9. The third-order valence-corrected chi connectivity index (χ3v) is 3.32. The van der Waals surface area contributed by atoms with Gasteiger partial charge in [-0.25, -0.2) is 4.39 Å².